The minimum Gasteiger partial charge on any atom is -0.408 e. The number of rotatable bonds is 6. The maximum absolute atomic E-state index is 12.5. The number of aryl methyl sites for hydroxylation is 1. The molecule has 0 N–H and O–H groups in total. The number of aromatic nitrogens is 1. The van der Waals surface area contributed by atoms with Crippen molar-refractivity contribution in [3.05, 3.63) is 69.7 Å². The Kier molecular flexibility index (Phi) is 5.47. The predicted molar refractivity (Wildman–Crippen MR) is 102 cm³/mol. The number of halogens is 1. The van der Waals surface area contributed by atoms with E-state index >= 15 is 0 Å². The van der Waals surface area contributed by atoms with Gasteiger partial charge in [0, 0.05) is 25.0 Å². The second-order valence-corrected chi connectivity index (χ2v) is 6.76. The molecular weight excluding hydrogens is 352 g/mol. The summed E-state index contributed by atoms with van der Waals surface area (Å²) in [4.78, 5) is 26.2. The molecule has 0 aliphatic carbocycles. The van der Waals surface area contributed by atoms with Crippen molar-refractivity contribution in [2.45, 2.75) is 32.4 Å². The number of carbonyl (C=O) groups is 1. The van der Waals surface area contributed by atoms with Gasteiger partial charge in [-0.3, -0.25) is 9.36 Å². The van der Waals surface area contributed by atoms with E-state index in [0.717, 1.165) is 11.1 Å². The third-order valence-corrected chi connectivity index (χ3v) is 4.92. The van der Waals surface area contributed by atoms with Crippen LogP contribution in [0.1, 0.15) is 31.4 Å². The number of fused-ring (bicyclic) bond motifs is 1. The lowest BCUT2D eigenvalue weighted by atomic mass is 10.1. The van der Waals surface area contributed by atoms with Crippen molar-refractivity contribution >= 4 is 28.6 Å². The number of para-hydroxylation sites is 2. The molecule has 1 aromatic heterocycles. The molecule has 3 rings (SSSR count). The highest BCUT2D eigenvalue weighted by molar-refractivity contribution is 6.30. The molecule has 0 saturated carbocycles. The van der Waals surface area contributed by atoms with Gasteiger partial charge in [-0.15, -0.1) is 0 Å². The summed E-state index contributed by atoms with van der Waals surface area (Å²) in [6, 6.07) is 14.7. The first kappa shape index (κ1) is 18.3. The molecule has 0 bridgehead atoms. The Morgan fingerprint density at radius 3 is 2.62 bits per heavy atom. The largest absolute Gasteiger partial charge is 0.419 e. The van der Waals surface area contributed by atoms with Crippen LogP contribution in [0.2, 0.25) is 5.02 Å². The molecule has 0 aliphatic heterocycles. The minimum absolute atomic E-state index is 0.0355. The van der Waals surface area contributed by atoms with Crippen molar-refractivity contribution in [3.63, 3.8) is 0 Å². The summed E-state index contributed by atoms with van der Waals surface area (Å²) in [6.45, 7) is 2.43. The Labute approximate surface area is 156 Å². The molecule has 0 aliphatic rings. The second-order valence-electron chi connectivity index (χ2n) is 6.32. The van der Waals surface area contributed by atoms with Gasteiger partial charge in [0.15, 0.2) is 5.58 Å². The topological polar surface area (TPSA) is 55.5 Å². The molecule has 5 nitrogen and oxygen atoms in total. The van der Waals surface area contributed by atoms with E-state index in [1.165, 1.54) is 0 Å². The van der Waals surface area contributed by atoms with Crippen molar-refractivity contribution in [1.82, 2.24) is 9.47 Å². The second kappa shape index (κ2) is 7.79. The number of carbonyl (C=O) groups excluding carboxylic acids is 1. The van der Waals surface area contributed by atoms with Crippen LogP contribution in [0.15, 0.2) is 57.7 Å². The van der Waals surface area contributed by atoms with Crippen molar-refractivity contribution in [2.75, 3.05) is 7.05 Å². The first-order valence-corrected chi connectivity index (χ1v) is 8.94. The van der Waals surface area contributed by atoms with E-state index in [2.05, 4.69) is 0 Å². The average molecular weight is 373 g/mol. The van der Waals surface area contributed by atoms with Gasteiger partial charge >= 0.3 is 5.76 Å². The quantitative estimate of drug-likeness (QED) is 0.650. The molecule has 0 fully saturated rings. The zero-order valence-corrected chi connectivity index (χ0v) is 15.6. The van der Waals surface area contributed by atoms with Crippen LogP contribution < -0.4 is 5.76 Å². The van der Waals surface area contributed by atoms with Gasteiger partial charge in [0.05, 0.1) is 11.6 Å². The Morgan fingerprint density at radius 1 is 1.19 bits per heavy atom. The molecule has 6 heteroatoms. The number of benzene rings is 2. The molecule has 0 radical (unpaired) electrons. The summed E-state index contributed by atoms with van der Waals surface area (Å²) >= 11 is 5.91. The van der Waals surface area contributed by atoms with Crippen LogP contribution in [0.4, 0.5) is 0 Å². The van der Waals surface area contributed by atoms with Crippen LogP contribution in [-0.2, 0) is 11.3 Å². The summed E-state index contributed by atoms with van der Waals surface area (Å²) in [5.74, 6) is -0.352. The highest BCUT2D eigenvalue weighted by Crippen LogP contribution is 2.22. The Hall–Kier alpha value is -2.53. The summed E-state index contributed by atoms with van der Waals surface area (Å²) in [5, 5.41) is 0.674. The Bertz CT molecular complexity index is 959. The van der Waals surface area contributed by atoms with E-state index in [4.69, 9.17) is 16.0 Å². The number of hydrogen-bond acceptors (Lipinski definition) is 3. The Balaban J connectivity index is 1.60. The van der Waals surface area contributed by atoms with Gasteiger partial charge in [-0.1, -0.05) is 35.9 Å². The van der Waals surface area contributed by atoms with Crippen molar-refractivity contribution in [1.29, 1.82) is 0 Å². The van der Waals surface area contributed by atoms with E-state index in [0.29, 0.717) is 30.0 Å². The number of amides is 1. The third kappa shape index (κ3) is 3.83. The van der Waals surface area contributed by atoms with E-state index in [9.17, 15) is 9.59 Å². The van der Waals surface area contributed by atoms with Crippen molar-refractivity contribution in [3.8, 4) is 0 Å². The molecule has 3 aromatic rings. The zero-order valence-electron chi connectivity index (χ0n) is 14.8. The molecule has 1 atom stereocenters. The lowest BCUT2D eigenvalue weighted by molar-refractivity contribution is -0.131. The smallest absolute Gasteiger partial charge is 0.408 e. The molecule has 0 spiro atoms. The summed E-state index contributed by atoms with van der Waals surface area (Å²) in [6.07, 6.45) is 0.931. The number of hydrogen-bond donors (Lipinski definition) is 0. The van der Waals surface area contributed by atoms with E-state index in [1.807, 2.05) is 49.4 Å². The molecule has 1 unspecified atom stereocenters. The van der Waals surface area contributed by atoms with Gasteiger partial charge in [-0.2, -0.15) is 0 Å². The molecule has 26 heavy (non-hydrogen) atoms. The van der Waals surface area contributed by atoms with Gasteiger partial charge < -0.3 is 9.32 Å². The van der Waals surface area contributed by atoms with Gasteiger partial charge in [-0.05, 0) is 43.2 Å². The fourth-order valence-electron chi connectivity index (χ4n) is 2.97. The highest BCUT2D eigenvalue weighted by atomic mass is 35.5. The molecule has 0 saturated heterocycles. The van der Waals surface area contributed by atoms with Gasteiger partial charge in [0.2, 0.25) is 5.91 Å². The van der Waals surface area contributed by atoms with Gasteiger partial charge in [-0.25, -0.2) is 4.79 Å². The standard InChI is InChI=1S/C20H21ClN2O3/c1-14(15-9-11-16(21)12-10-15)22(2)19(24)8-5-13-23-17-6-3-4-7-18(17)26-20(23)25/h3-4,6-7,9-12,14H,5,8,13H2,1-2H3. The molecule has 1 heterocycles. The molecular formula is C20H21ClN2O3. The predicted octanol–water partition coefficient (Wildman–Crippen LogP) is 4.25. The maximum atomic E-state index is 12.5. The van der Waals surface area contributed by atoms with Gasteiger partial charge in [0.25, 0.3) is 0 Å². The summed E-state index contributed by atoms with van der Waals surface area (Å²) in [7, 11) is 1.79. The van der Waals surface area contributed by atoms with E-state index in [-0.39, 0.29) is 17.7 Å². The SMILES string of the molecule is CC(c1ccc(Cl)cc1)N(C)C(=O)CCCn1c(=O)oc2ccccc21. The van der Waals surface area contributed by atoms with Crippen LogP contribution in [0, 0.1) is 0 Å². The first-order valence-electron chi connectivity index (χ1n) is 8.57. The first-order chi connectivity index (χ1) is 12.5. The Morgan fingerprint density at radius 2 is 1.88 bits per heavy atom. The van der Waals surface area contributed by atoms with E-state index in [1.54, 1.807) is 22.6 Å². The number of nitrogens with zero attached hydrogens (tertiary/aromatic N) is 2. The van der Waals surface area contributed by atoms with Crippen LogP contribution in [0.25, 0.3) is 11.1 Å². The fraction of sp³-hybridized carbons (Fsp3) is 0.300. The average Bonchev–Trinajstić information content (AvgIpc) is 2.96. The highest BCUT2D eigenvalue weighted by Gasteiger charge is 2.17. The summed E-state index contributed by atoms with van der Waals surface area (Å²) < 4.78 is 6.79. The van der Waals surface area contributed by atoms with Crippen LogP contribution >= 0.6 is 11.6 Å². The van der Waals surface area contributed by atoms with Gasteiger partial charge in [0.1, 0.15) is 0 Å². The number of oxazole rings is 1. The van der Waals surface area contributed by atoms with Crippen LogP contribution in [0.3, 0.4) is 0 Å². The van der Waals surface area contributed by atoms with Crippen molar-refractivity contribution in [2.24, 2.45) is 0 Å². The fourth-order valence-corrected chi connectivity index (χ4v) is 3.10. The van der Waals surface area contributed by atoms with Crippen LogP contribution in [0.5, 0.6) is 0 Å². The third-order valence-electron chi connectivity index (χ3n) is 4.67. The molecule has 2 aromatic carbocycles. The van der Waals surface area contributed by atoms with Crippen LogP contribution in [-0.4, -0.2) is 22.4 Å². The van der Waals surface area contributed by atoms with E-state index < -0.39 is 0 Å². The zero-order chi connectivity index (χ0) is 18.7. The lowest BCUT2D eigenvalue weighted by Crippen LogP contribution is -2.29. The summed E-state index contributed by atoms with van der Waals surface area (Å²) in [5.41, 5.74) is 2.35. The monoisotopic (exact) mass is 372 g/mol. The lowest BCUT2D eigenvalue weighted by Gasteiger charge is -2.25. The molecule has 1 amide bonds. The van der Waals surface area contributed by atoms with Crippen molar-refractivity contribution < 1.29 is 9.21 Å². The maximum Gasteiger partial charge on any atom is 0.419 e. The minimum atomic E-state index is -0.387. The molecule has 136 valence electrons. The normalized spacial score (nSPS) is 12.3.